The third kappa shape index (κ3) is 7.57. The molecular formula is C25H30N6O4S. The van der Waals surface area contributed by atoms with Crippen molar-refractivity contribution in [1.82, 2.24) is 14.8 Å². The number of benzene rings is 2. The lowest BCUT2D eigenvalue weighted by molar-refractivity contribution is -0.116. The molecule has 10 nitrogen and oxygen atoms in total. The van der Waals surface area contributed by atoms with Gasteiger partial charge in [-0.15, -0.1) is 10.2 Å². The van der Waals surface area contributed by atoms with Crippen LogP contribution in [0.5, 0.6) is 5.75 Å². The van der Waals surface area contributed by atoms with Crippen LogP contribution in [-0.4, -0.2) is 45.3 Å². The summed E-state index contributed by atoms with van der Waals surface area (Å²) in [5.41, 5.74) is 2.90. The third-order valence-corrected chi connectivity index (χ3v) is 6.27. The van der Waals surface area contributed by atoms with Gasteiger partial charge < -0.3 is 25.3 Å². The van der Waals surface area contributed by atoms with Gasteiger partial charge in [0.25, 0.3) is 0 Å². The molecule has 1 heterocycles. The number of ether oxygens (including phenoxy) is 1. The zero-order valence-electron chi connectivity index (χ0n) is 20.8. The summed E-state index contributed by atoms with van der Waals surface area (Å²) < 4.78 is 7.05. The van der Waals surface area contributed by atoms with Crippen molar-refractivity contribution in [3.8, 4) is 5.75 Å². The highest BCUT2D eigenvalue weighted by atomic mass is 32.2. The number of aryl methyl sites for hydroxylation is 2. The number of hydrogen-bond acceptors (Lipinski definition) is 7. The van der Waals surface area contributed by atoms with Crippen LogP contribution in [0.1, 0.15) is 31.2 Å². The van der Waals surface area contributed by atoms with Crippen molar-refractivity contribution in [2.45, 2.75) is 38.3 Å². The molecule has 190 valence electrons. The number of amides is 3. The fourth-order valence-electron chi connectivity index (χ4n) is 3.22. The van der Waals surface area contributed by atoms with E-state index in [-0.39, 0.29) is 29.9 Å². The molecule has 0 bridgehead atoms. The van der Waals surface area contributed by atoms with Crippen LogP contribution in [0, 0.1) is 6.92 Å². The molecule has 0 saturated carbocycles. The number of thioether (sulfide) groups is 1. The quantitative estimate of drug-likeness (QED) is 0.335. The van der Waals surface area contributed by atoms with Crippen molar-refractivity contribution >= 4 is 46.5 Å². The van der Waals surface area contributed by atoms with Crippen molar-refractivity contribution in [2.75, 3.05) is 28.8 Å². The first kappa shape index (κ1) is 26.7. The minimum Gasteiger partial charge on any atom is -0.495 e. The molecule has 3 N–H and O–H groups in total. The highest BCUT2D eigenvalue weighted by Gasteiger charge is 2.14. The number of carbonyl (C=O) groups is 3. The van der Waals surface area contributed by atoms with Gasteiger partial charge in [-0.25, -0.2) is 0 Å². The maximum Gasteiger partial charge on any atom is 0.234 e. The Hall–Kier alpha value is -3.86. The summed E-state index contributed by atoms with van der Waals surface area (Å²) in [5.74, 6) is 0.775. The van der Waals surface area contributed by atoms with Crippen LogP contribution >= 0.6 is 11.8 Å². The zero-order chi connectivity index (χ0) is 26.1. The lowest BCUT2D eigenvalue weighted by Crippen LogP contribution is -2.16. The molecule has 0 atom stereocenters. The molecule has 3 amide bonds. The lowest BCUT2D eigenvalue weighted by atomic mass is 10.2. The first-order valence-corrected chi connectivity index (χ1v) is 12.4. The molecule has 11 heteroatoms. The number of aromatic nitrogens is 3. The zero-order valence-corrected chi connectivity index (χ0v) is 21.6. The van der Waals surface area contributed by atoms with Crippen LogP contribution in [0.25, 0.3) is 0 Å². The summed E-state index contributed by atoms with van der Waals surface area (Å²) in [7, 11) is 3.32. The fraction of sp³-hybridized carbons (Fsp3) is 0.320. The van der Waals surface area contributed by atoms with Crippen LogP contribution in [0.2, 0.25) is 0 Å². The second-order valence-corrected chi connectivity index (χ2v) is 8.97. The summed E-state index contributed by atoms with van der Waals surface area (Å²) in [6.07, 6.45) is 1.01. The van der Waals surface area contributed by atoms with Crippen molar-refractivity contribution < 1.29 is 19.1 Å². The Balaban J connectivity index is 1.50. The molecular weight excluding hydrogens is 480 g/mol. The van der Waals surface area contributed by atoms with Crippen molar-refractivity contribution in [3.63, 3.8) is 0 Å². The van der Waals surface area contributed by atoms with Gasteiger partial charge in [0.15, 0.2) is 5.16 Å². The van der Waals surface area contributed by atoms with E-state index in [9.17, 15) is 14.4 Å². The average molecular weight is 511 g/mol. The maximum atomic E-state index is 12.5. The Bertz CT molecular complexity index is 1230. The second kappa shape index (κ2) is 12.7. The van der Waals surface area contributed by atoms with E-state index in [1.807, 2.05) is 31.2 Å². The van der Waals surface area contributed by atoms with Gasteiger partial charge >= 0.3 is 0 Å². The largest absolute Gasteiger partial charge is 0.495 e. The van der Waals surface area contributed by atoms with E-state index >= 15 is 0 Å². The predicted octanol–water partition coefficient (Wildman–Crippen LogP) is 3.78. The first-order chi connectivity index (χ1) is 17.3. The molecule has 0 aliphatic heterocycles. The second-order valence-electron chi connectivity index (χ2n) is 8.03. The van der Waals surface area contributed by atoms with Crippen molar-refractivity contribution in [1.29, 1.82) is 0 Å². The van der Waals surface area contributed by atoms with Crippen LogP contribution in [0.15, 0.2) is 47.6 Å². The summed E-state index contributed by atoms with van der Waals surface area (Å²) >= 11 is 1.24. The fourth-order valence-corrected chi connectivity index (χ4v) is 3.95. The van der Waals surface area contributed by atoms with E-state index < -0.39 is 0 Å². The molecule has 0 aliphatic carbocycles. The third-order valence-electron chi connectivity index (χ3n) is 5.25. The van der Waals surface area contributed by atoms with Crippen LogP contribution in [-0.2, 0) is 27.9 Å². The number of nitrogens with one attached hydrogen (secondary N) is 3. The number of anilines is 3. The van der Waals surface area contributed by atoms with Crippen LogP contribution in [0.4, 0.5) is 17.1 Å². The van der Waals surface area contributed by atoms with E-state index in [4.69, 9.17) is 4.74 Å². The molecule has 0 saturated heterocycles. The summed E-state index contributed by atoms with van der Waals surface area (Å²) in [6, 6.07) is 12.6. The Kier molecular flexibility index (Phi) is 9.46. The number of carbonyl (C=O) groups excluding carboxylic acids is 3. The minimum atomic E-state index is -0.236. The molecule has 36 heavy (non-hydrogen) atoms. The van der Waals surface area contributed by atoms with Gasteiger partial charge in [-0.05, 0) is 37.3 Å². The Labute approximate surface area is 214 Å². The molecule has 0 radical (unpaired) electrons. The molecule has 0 unspecified atom stereocenters. The predicted molar refractivity (Wildman–Crippen MR) is 140 cm³/mol. The van der Waals surface area contributed by atoms with Gasteiger partial charge in [0.2, 0.25) is 17.7 Å². The molecule has 0 fully saturated rings. The molecule has 0 spiro atoms. The molecule has 2 aromatic carbocycles. The summed E-state index contributed by atoms with van der Waals surface area (Å²) in [4.78, 5) is 36.5. The van der Waals surface area contributed by atoms with Gasteiger partial charge in [0.05, 0.1) is 18.6 Å². The smallest absolute Gasteiger partial charge is 0.234 e. The Morgan fingerprint density at radius 1 is 0.944 bits per heavy atom. The standard InChI is InChI=1S/C25H30N6O4S/c1-5-22(32)28-19-14-18(10-11-20(19)35-4)27-24(34)15-36-25-30-29-21(31(25)3)12-13-23(33)26-17-8-6-16(2)7-9-17/h6-11,14H,5,12-13,15H2,1-4H3,(H,26,33)(H,27,34)(H,28,32). The summed E-state index contributed by atoms with van der Waals surface area (Å²) in [6.45, 7) is 3.74. The van der Waals surface area contributed by atoms with E-state index in [0.717, 1.165) is 11.3 Å². The van der Waals surface area contributed by atoms with E-state index in [2.05, 4.69) is 26.1 Å². The van der Waals surface area contributed by atoms with E-state index in [0.29, 0.717) is 40.9 Å². The minimum absolute atomic E-state index is 0.107. The van der Waals surface area contributed by atoms with Gasteiger partial charge in [-0.1, -0.05) is 36.4 Å². The topological polar surface area (TPSA) is 127 Å². The Morgan fingerprint density at radius 3 is 2.33 bits per heavy atom. The monoisotopic (exact) mass is 510 g/mol. The summed E-state index contributed by atoms with van der Waals surface area (Å²) in [5, 5.41) is 17.3. The molecule has 1 aromatic heterocycles. The highest BCUT2D eigenvalue weighted by Crippen LogP contribution is 2.28. The first-order valence-electron chi connectivity index (χ1n) is 11.4. The van der Waals surface area contributed by atoms with Crippen LogP contribution in [0.3, 0.4) is 0 Å². The Morgan fingerprint density at radius 2 is 1.64 bits per heavy atom. The number of nitrogens with zero attached hydrogens (tertiary/aromatic N) is 3. The molecule has 3 aromatic rings. The SMILES string of the molecule is CCC(=O)Nc1cc(NC(=O)CSc2nnc(CCC(=O)Nc3ccc(C)cc3)n2C)ccc1OC. The highest BCUT2D eigenvalue weighted by molar-refractivity contribution is 7.99. The van der Waals surface area contributed by atoms with Gasteiger partial charge in [0, 0.05) is 37.7 Å². The van der Waals surface area contributed by atoms with Gasteiger partial charge in [0.1, 0.15) is 11.6 Å². The van der Waals surface area contributed by atoms with E-state index in [1.54, 1.807) is 36.7 Å². The number of rotatable bonds is 11. The van der Waals surface area contributed by atoms with Crippen molar-refractivity contribution in [2.24, 2.45) is 7.05 Å². The van der Waals surface area contributed by atoms with Gasteiger partial charge in [-0.2, -0.15) is 0 Å². The number of hydrogen-bond donors (Lipinski definition) is 3. The lowest BCUT2D eigenvalue weighted by Gasteiger charge is -2.12. The maximum absolute atomic E-state index is 12.5. The average Bonchev–Trinajstić information content (AvgIpc) is 3.22. The van der Waals surface area contributed by atoms with Crippen molar-refractivity contribution in [3.05, 3.63) is 53.9 Å². The molecule has 0 aliphatic rings. The van der Waals surface area contributed by atoms with Gasteiger partial charge in [-0.3, -0.25) is 14.4 Å². The van der Waals surface area contributed by atoms with E-state index in [1.165, 1.54) is 18.9 Å². The normalized spacial score (nSPS) is 10.6. The van der Waals surface area contributed by atoms with Crippen LogP contribution < -0.4 is 20.7 Å². The molecule has 3 rings (SSSR count). The number of methoxy groups -OCH3 is 1.